The highest BCUT2D eigenvalue weighted by Crippen LogP contribution is 2.31. The zero-order valence-electron chi connectivity index (χ0n) is 11.9. The minimum Gasteiger partial charge on any atom is -0.271 e. The molecule has 1 atom stereocenters. The molecule has 1 aliphatic heterocycles. The Morgan fingerprint density at radius 1 is 1.37 bits per heavy atom. The predicted molar refractivity (Wildman–Crippen MR) is 85.2 cm³/mol. The SMILES string of the molecule is CCCc1cccc(C(CC2CCSCC2)NN)c1. The molecule has 106 valence electrons. The second-order valence-corrected chi connectivity index (χ2v) is 6.73. The summed E-state index contributed by atoms with van der Waals surface area (Å²) in [6, 6.07) is 9.23. The summed E-state index contributed by atoms with van der Waals surface area (Å²) in [6.45, 7) is 2.23. The lowest BCUT2D eigenvalue weighted by atomic mass is 9.90. The Labute approximate surface area is 121 Å². The van der Waals surface area contributed by atoms with Gasteiger partial charge in [-0.15, -0.1) is 0 Å². The summed E-state index contributed by atoms with van der Waals surface area (Å²) in [4.78, 5) is 0. The molecule has 0 spiro atoms. The summed E-state index contributed by atoms with van der Waals surface area (Å²) in [7, 11) is 0. The van der Waals surface area contributed by atoms with Crippen molar-refractivity contribution in [2.75, 3.05) is 11.5 Å². The molecular weight excluding hydrogens is 252 g/mol. The van der Waals surface area contributed by atoms with Crippen molar-refractivity contribution in [2.45, 2.75) is 45.1 Å². The number of aryl methyl sites for hydroxylation is 1. The molecule has 3 heteroatoms. The molecular formula is C16H26N2S. The zero-order valence-corrected chi connectivity index (χ0v) is 12.7. The van der Waals surface area contributed by atoms with Crippen LogP contribution < -0.4 is 11.3 Å². The van der Waals surface area contributed by atoms with E-state index in [1.54, 1.807) is 0 Å². The topological polar surface area (TPSA) is 38.0 Å². The Morgan fingerprint density at radius 2 is 2.16 bits per heavy atom. The van der Waals surface area contributed by atoms with Gasteiger partial charge in [0.05, 0.1) is 0 Å². The molecule has 0 aliphatic carbocycles. The molecule has 2 nitrogen and oxygen atoms in total. The fourth-order valence-corrected chi connectivity index (χ4v) is 4.07. The number of hydrogen-bond donors (Lipinski definition) is 2. The predicted octanol–water partition coefficient (Wildman–Crippen LogP) is 3.68. The van der Waals surface area contributed by atoms with Gasteiger partial charge in [-0.05, 0) is 54.2 Å². The van der Waals surface area contributed by atoms with Gasteiger partial charge in [0.1, 0.15) is 0 Å². The molecule has 1 heterocycles. The van der Waals surface area contributed by atoms with Gasteiger partial charge in [-0.1, -0.05) is 37.6 Å². The van der Waals surface area contributed by atoms with Crippen LogP contribution >= 0.6 is 11.8 Å². The number of nitrogens with two attached hydrogens (primary N) is 1. The van der Waals surface area contributed by atoms with Gasteiger partial charge in [0.15, 0.2) is 0 Å². The molecule has 3 N–H and O–H groups in total. The van der Waals surface area contributed by atoms with Gasteiger partial charge >= 0.3 is 0 Å². The Morgan fingerprint density at radius 3 is 2.84 bits per heavy atom. The van der Waals surface area contributed by atoms with Gasteiger partial charge in [-0.3, -0.25) is 11.3 Å². The molecule has 2 rings (SSSR count). The first kappa shape index (κ1) is 14.9. The van der Waals surface area contributed by atoms with Crippen LogP contribution in [0.15, 0.2) is 24.3 Å². The molecule has 1 fully saturated rings. The van der Waals surface area contributed by atoms with Crippen LogP contribution in [0.4, 0.5) is 0 Å². The highest BCUT2D eigenvalue weighted by Gasteiger charge is 2.19. The molecule has 1 aliphatic rings. The summed E-state index contributed by atoms with van der Waals surface area (Å²) < 4.78 is 0. The first-order chi connectivity index (χ1) is 9.33. The number of rotatable bonds is 6. The number of hydrazine groups is 1. The second-order valence-electron chi connectivity index (χ2n) is 5.51. The average molecular weight is 278 g/mol. The minimum absolute atomic E-state index is 0.310. The molecule has 1 aromatic carbocycles. The number of benzene rings is 1. The maximum Gasteiger partial charge on any atom is 0.0462 e. The van der Waals surface area contributed by atoms with E-state index in [0.29, 0.717) is 6.04 Å². The first-order valence-electron chi connectivity index (χ1n) is 7.46. The van der Waals surface area contributed by atoms with Gasteiger partial charge in [0.25, 0.3) is 0 Å². The summed E-state index contributed by atoms with van der Waals surface area (Å²) >= 11 is 2.09. The largest absolute Gasteiger partial charge is 0.271 e. The highest BCUT2D eigenvalue weighted by atomic mass is 32.2. The van der Waals surface area contributed by atoms with Crippen LogP contribution in [-0.4, -0.2) is 11.5 Å². The third-order valence-electron chi connectivity index (χ3n) is 4.00. The van der Waals surface area contributed by atoms with E-state index >= 15 is 0 Å². The van der Waals surface area contributed by atoms with Crippen LogP contribution in [0.1, 0.15) is 49.8 Å². The van der Waals surface area contributed by atoms with Crippen LogP contribution in [0.3, 0.4) is 0 Å². The second kappa shape index (κ2) is 7.93. The lowest BCUT2D eigenvalue weighted by Gasteiger charge is -2.26. The summed E-state index contributed by atoms with van der Waals surface area (Å²) in [6.07, 6.45) is 6.22. The van der Waals surface area contributed by atoms with Crippen molar-refractivity contribution in [3.05, 3.63) is 35.4 Å². The summed E-state index contributed by atoms with van der Waals surface area (Å²) in [5.74, 6) is 9.26. The minimum atomic E-state index is 0.310. The van der Waals surface area contributed by atoms with Gasteiger partial charge in [-0.25, -0.2) is 0 Å². The van der Waals surface area contributed by atoms with Crippen LogP contribution in [0.2, 0.25) is 0 Å². The summed E-state index contributed by atoms with van der Waals surface area (Å²) in [5, 5.41) is 0. The van der Waals surface area contributed by atoms with E-state index in [1.165, 1.54) is 48.3 Å². The number of thioether (sulfide) groups is 1. The Balaban J connectivity index is 2.01. The average Bonchev–Trinajstić information content (AvgIpc) is 2.46. The number of nitrogens with one attached hydrogen (secondary N) is 1. The van der Waals surface area contributed by atoms with Crippen LogP contribution in [-0.2, 0) is 6.42 Å². The van der Waals surface area contributed by atoms with E-state index in [1.807, 2.05) is 0 Å². The van der Waals surface area contributed by atoms with Gasteiger partial charge in [0, 0.05) is 6.04 Å². The van der Waals surface area contributed by atoms with E-state index in [-0.39, 0.29) is 0 Å². The van der Waals surface area contributed by atoms with E-state index in [0.717, 1.165) is 12.3 Å². The zero-order chi connectivity index (χ0) is 13.5. The van der Waals surface area contributed by atoms with Gasteiger partial charge < -0.3 is 0 Å². The van der Waals surface area contributed by atoms with Crippen molar-refractivity contribution in [1.29, 1.82) is 0 Å². The molecule has 0 aromatic heterocycles. The third kappa shape index (κ3) is 4.51. The fraction of sp³-hybridized carbons (Fsp3) is 0.625. The lowest BCUT2D eigenvalue weighted by Crippen LogP contribution is -2.30. The van der Waals surface area contributed by atoms with Crippen LogP contribution in [0.5, 0.6) is 0 Å². The van der Waals surface area contributed by atoms with Crippen molar-refractivity contribution in [2.24, 2.45) is 11.8 Å². The molecule has 19 heavy (non-hydrogen) atoms. The van der Waals surface area contributed by atoms with Crippen molar-refractivity contribution >= 4 is 11.8 Å². The Hall–Kier alpha value is -0.510. The quantitative estimate of drug-likeness (QED) is 0.616. The molecule has 1 unspecified atom stereocenters. The maximum atomic E-state index is 5.79. The monoisotopic (exact) mass is 278 g/mol. The first-order valence-corrected chi connectivity index (χ1v) is 8.61. The Kier molecular flexibility index (Phi) is 6.21. The van der Waals surface area contributed by atoms with E-state index < -0.39 is 0 Å². The fourth-order valence-electron chi connectivity index (χ4n) is 2.87. The van der Waals surface area contributed by atoms with Crippen molar-refractivity contribution in [3.63, 3.8) is 0 Å². The van der Waals surface area contributed by atoms with E-state index in [9.17, 15) is 0 Å². The van der Waals surface area contributed by atoms with Crippen LogP contribution in [0, 0.1) is 5.92 Å². The van der Waals surface area contributed by atoms with Crippen LogP contribution in [0.25, 0.3) is 0 Å². The third-order valence-corrected chi connectivity index (χ3v) is 5.05. The van der Waals surface area contributed by atoms with E-state index in [4.69, 9.17) is 5.84 Å². The van der Waals surface area contributed by atoms with Gasteiger partial charge in [0.2, 0.25) is 0 Å². The number of hydrogen-bond acceptors (Lipinski definition) is 3. The highest BCUT2D eigenvalue weighted by molar-refractivity contribution is 7.99. The molecule has 1 saturated heterocycles. The van der Waals surface area contributed by atoms with Crippen molar-refractivity contribution in [3.8, 4) is 0 Å². The normalized spacial score (nSPS) is 18.4. The molecule has 0 saturated carbocycles. The summed E-state index contributed by atoms with van der Waals surface area (Å²) in [5.41, 5.74) is 5.81. The maximum absolute atomic E-state index is 5.79. The standard InChI is InChI=1S/C16H26N2S/c1-2-4-13-5-3-6-15(11-13)16(18-17)12-14-7-9-19-10-8-14/h3,5-6,11,14,16,18H,2,4,7-10,12,17H2,1H3. The molecule has 1 aromatic rings. The van der Waals surface area contributed by atoms with Gasteiger partial charge in [-0.2, -0.15) is 11.8 Å². The lowest BCUT2D eigenvalue weighted by molar-refractivity contribution is 0.373. The van der Waals surface area contributed by atoms with Crippen molar-refractivity contribution in [1.82, 2.24) is 5.43 Å². The Bertz CT molecular complexity index is 375. The molecule has 0 radical (unpaired) electrons. The molecule has 0 bridgehead atoms. The molecule has 0 amide bonds. The van der Waals surface area contributed by atoms with E-state index in [2.05, 4.69) is 48.4 Å². The van der Waals surface area contributed by atoms with Crippen molar-refractivity contribution < 1.29 is 0 Å². The smallest absolute Gasteiger partial charge is 0.0462 e.